The molecule has 0 aliphatic carbocycles. The molecule has 0 saturated carbocycles. The number of hydrogen-bond donors (Lipinski definition) is 1. The lowest BCUT2D eigenvalue weighted by Crippen LogP contribution is -2.44. The Kier molecular flexibility index (Phi) is 3.83. The van der Waals surface area contributed by atoms with Crippen molar-refractivity contribution in [3.8, 4) is 0 Å². The van der Waals surface area contributed by atoms with E-state index in [4.69, 9.17) is 9.47 Å². The van der Waals surface area contributed by atoms with Gasteiger partial charge in [0.25, 0.3) is 5.91 Å². The fraction of sp³-hybridized carbons (Fsp3) is 0.636. The summed E-state index contributed by atoms with van der Waals surface area (Å²) in [5.41, 5.74) is -0.0719. The minimum Gasteiger partial charge on any atom is -0.382 e. The molecule has 1 rings (SSSR count). The van der Waals surface area contributed by atoms with Crippen molar-refractivity contribution in [2.75, 3.05) is 20.3 Å². The van der Waals surface area contributed by atoms with Gasteiger partial charge >= 0.3 is 0 Å². The number of ether oxygens (including phenoxy) is 2. The molecule has 1 amide bonds. The van der Waals surface area contributed by atoms with Gasteiger partial charge in [0.1, 0.15) is 0 Å². The van der Waals surface area contributed by atoms with Gasteiger partial charge in [-0.25, -0.2) is 0 Å². The van der Waals surface area contributed by atoms with Crippen LogP contribution in [-0.2, 0) is 19.1 Å². The highest BCUT2D eigenvalue weighted by atomic mass is 16.5. The summed E-state index contributed by atoms with van der Waals surface area (Å²) in [6.07, 6.45) is 0. The molecule has 0 bridgehead atoms. The number of amides is 1. The van der Waals surface area contributed by atoms with Gasteiger partial charge < -0.3 is 14.8 Å². The number of nitrogens with one attached hydrogen (secondary N) is 1. The van der Waals surface area contributed by atoms with Crippen LogP contribution in [0, 0.1) is 0 Å². The smallest absolute Gasteiger partial charge is 0.257 e. The Labute approximate surface area is 94.8 Å². The maximum atomic E-state index is 11.6. The summed E-state index contributed by atoms with van der Waals surface area (Å²) in [5, 5.41) is 2.66. The van der Waals surface area contributed by atoms with Crippen LogP contribution in [0.5, 0.6) is 0 Å². The van der Waals surface area contributed by atoms with E-state index in [0.29, 0.717) is 18.8 Å². The summed E-state index contributed by atoms with van der Waals surface area (Å²) in [7, 11) is 1.57. The molecule has 1 aliphatic heterocycles. The molecule has 0 radical (unpaired) electrons. The number of rotatable bonds is 5. The average Bonchev–Trinajstić information content (AvgIpc) is 2.38. The molecule has 1 unspecified atom stereocenters. The number of hydrogen-bond acceptors (Lipinski definition) is 4. The molecular formula is C11H17NO4. The summed E-state index contributed by atoms with van der Waals surface area (Å²) in [6.45, 7) is 5.62. The molecule has 0 fully saturated rings. The predicted molar refractivity (Wildman–Crippen MR) is 57.8 cm³/mol. The number of Topliss-reactive ketones (excluding diaryl/α,β-unsaturated/α-hetero) is 1. The van der Waals surface area contributed by atoms with Crippen LogP contribution in [0.3, 0.4) is 0 Å². The first-order valence-corrected chi connectivity index (χ1v) is 5.10. The summed E-state index contributed by atoms with van der Waals surface area (Å²) in [4.78, 5) is 22.9. The van der Waals surface area contributed by atoms with Gasteiger partial charge in [0.05, 0.1) is 18.8 Å². The Morgan fingerprint density at radius 3 is 2.50 bits per heavy atom. The minimum absolute atomic E-state index is 0.194. The molecular weight excluding hydrogens is 210 g/mol. The van der Waals surface area contributed by atoms with Gasteiger partial charge in [-0.3, -0.25) is 9.59 Å². The zero-order valence-corrected chi connectivity index (χ0v) is 10.0. The third-order valence-electron chi connectivity index (χ3n) is 2.70. The molecule has 16 heavy (non-hydrogen) atoms. The van der Waals surface area contributed by atoms with Gasteiger partial charge in [0, 0.05) is 7.11 Å². The normalized spacial score (nSPS) is 24.9. The third-order valence-corrected chi connectivity index (χ3v) is 2.70. The Bertz CT molecular complexity index is 348. The highest BCUT2D eigenvalue weighted by molar-refractivity contribution is 6.21. The van der Waals surface area contributed by atoms with Gasteiger partial charge in [-0.05, 0) is 26.3 Å². The molecule has 5 nitrogen and oxygen atoms in total. The van der Waals surface area contributed by atoms with Crippen LogP contribution >= 0.6 is 0 Å². The molecule has 0 spiro atoms. The van der Waals surface area contributed by atoms with Crippen molar-refractivity contribution in [1.82, 2.24) is 5.32 Å². The van der Waals surface area contributed by atoms with E-state index < -0.39 is 5.72 Å². The van der Waals surface area contributed by atoms with Gasteiger partial charge in [-0.2, -0.15) is 0 Å². The van der Waals surface area contributed by atoms with Crippen molar-refractivity contribution in [1.29, 1.82) is 0 Å². The quantitative estimate of drug-likeness (QED) is 0.545. The zero-order chi connectivity index (χ0) is 12.3. The second-order valence-corrected chi connectivity index (χ2v) is 3.88. The topological polar surface area (TPSA) is 64.6 Å². The van der Waals surface area contributed by atoms with E-state index in [1.807, 2.05) is 0 Å². The van der Waals surface area contributed by atoms with Crippen molar-refractivity contribution in [3.05, 3.63) is 11.1 Å². The molecule has 1 atom stereocenters. The fourth-order valence-electron chi connectivity index (χ4n) is 1.68. The first kappa shape index (κ1) is 12.9. The Morgan fingerprint density at radius 2 is 2.06 bits per heavy atom. The van der Waals surface area contributed by atoms with Gasteiger partial charge in [0.15, 0.2) is 11.5 Å². The van der Waals surface area contributed by atoms with E-state index in [0.717, 1.165) is 0 Å². The highest BCUT2D eigenvalue weighted by Gasteiger charge is 2.41. The minimum atomic E-state index is -0.892. The number of ketones is 1. The molecule has 90 valence electrons. The molecule has 0 aromatic carbocycles. The highest BCUT2D eigenvalue weighted by Crippen LogP contribution is 2.28. The number of methoxy groups -OCH3 is 1. The van der Waals surface area contributed by atoms with Crippen LogP contribution < -0.4 is 5.32 Å². The van der Waals surface area contributed by atoms with E-state index in [-0.39, 0.29) is 17.3 Å². The standard InChI is InChI=1S/C11H17NO4/c1-7-9(8(2)13)10(14)12-11(7,3)16-6-5-15-4/h5-6H2,1-4H3,(H,12,14). The molecule has 1 N–H and O–H groups in total. The molecule has 0 saturated heterocycles. The number of carbonyl (C=O) groups is 2. The average molecular weight is 227 g/mol. The Hall–Kier alpha value is -1.20. The van der Waals surface area contributed by atoms with E-state index in [2.05, 4.69) is 5.32 Å². The maximum absolute atomic E-state index is 11.6. The lowest BCUT2D eigenvalue weighted by Gasteiger charge is -2.26. The number of carbonyl (C=O) groups excluding carboxylic acids is 2. The van der Waals surface area contributed by atoms with Crippen LogP contribution in [0.2, 0.25) is 0 Å². The van der Waals surface area contributed by atoms with Crippen LogP contribution in [0.4, 0.5) is 0 Å². The van der Waals surface area contributed by atoms with Gasteiger partial charge in [-0.15, -0.1) is 0 Å². The fourth-order valence-corrected chi connectivity index (χ4v) is 1.68. The summed E-state index contributed by atoms with van der Waals surface area (Å²) in [5.74, 6) is -0.612. The largest absolute Gasteiger partial charge is 0.382 e. The van der Waals surface area contributed by atoms with Gasteiger partial charge in [-0.1, -0.05) is 0 Å². The van der Waals surface area contributed by atoms with Gasteiger partial charge in [0.2, 0.25) is 0 Å². The van der Waals surface area contributed by atoms with Crippen molar-refractivity contribution >= 4 is 11.7 Å². The van der Waals surface area contributed by atoms with Crippen LogP contribution in [0.1, 0.15) is 20.8 Å². The summed E-state index contributed by atoms with van der Waals surface area (Å²) >= 11 is 0. The monoisotopic (exact) mass is 227 g/mol. The van der Waals surface area contributed by atoms with Crippen molar-refractivity contribution in [3.63, 3.8) is 0 Å². The first-order chi connectivity index (χ1) is 7.42. The van der Waals surface area contributed by atoms with Crippen LogP contribution in [0.15, 0.2) is 11.1 Å². The van der Waals surface area contributed by atoms with E-state index in [9.17, 15) is 9.59 Å². The Balaban J connectivity index is 2.84. The molecule has 5 heteroatoms. The lowest BCUT2D eigenvalue weighted by molar-refractivity contribution is -0.125. The third kappa shape index (κ3) is 2.31. The lowest BCUT2D eigenvalue weighted by atomic mass is 10.0. The molecule has 1 heterocycles. The van der Waals surface area contributed by atoms with E-state index in [1.165, 1.54) is 6.92 Å². The second kappa shape index (κ2) is 4.76. The van der Waals surface area contributed by atoms with Crippen LogP contribution in [0.25, 0.3) is 0 Å². The molecule has 0 aromatic heterocycles. The zero-order valence-electron chi connectivity index (χ0n) is 10.0. The summed E-state index contributed by atoms with van der Waals surface area (Å²) < 4.78 is 10.4. The van der Waals surface area contributed by atoms with Crippen molar-refractivity contribution in [2.24, 2.45) is 0 Å². The van der Waals surface area contributed by atoms with E-state index >= 15 is 0 Å². The second-order valence-electron chi connectivity index (χ2n) is 3.88. The Morgan fingerprint density at radius 1 is 1.44 bits per heavy atom. The SMILES string of the molecule is COCCOC1(C)NC(=O)C(C(C)=O)=C1C. The van der Waals surface area contributed by atoms with Crippen LogP contribution in [-0.4, -0.2) is 37.7 Å². The first-order valence-electron chi connectivity index (χ1n) is 5.10. The maximum Gasteiger partial charge on any atom is 0.257 e. The molecule has 0 aromatic rings. The van der Waals surface area contributed by atoms with Crippen molar-refractivity contribution < 1.29 is 19.1 Å². The summed E-state index contributed by atoms with van der Waals surface area (Å²) in [6, 6.07) is 0. The predicted octanol–water partition coefficient (Wildman–Crippen LogP) is 0.401. The van der Waals surface area contributed by atoms with E-state index in [1.54, 1.807) is 21.0 Å². The van der Waals surface area contributed by atoms with Crippen molar-refractivity contribution in [2.45, 2.75) is 26.5 Å². The molecule has 1 aliphatic rings.